The van der Waals surface area contributed by atoms with Gasteiger partial charge in [-0.2, -0.15) is 12.6 Å². The summed E-state index contributed by atoms with van der Waals surface area (Å²) in [5.41, 5.74) is 1.02. The molecule has 2 N–H and O–H groups in total. The lowest BCUT2D eigenvalue weighted by atomic mass is 9.97. The van der Waals surface area contributed by atoms with E-state index in [2.05, 4.69) is 37.1 Å². The van der Waals surface area contributed by atoms with Crippen molar-refractivity contribution in [3.8, 4) is 0 Å². The van der Waals surface area contributed by atoms with Crippen LogP contribution in [0.4, 0.5) is 4.79 Å². The highest BCUT2D eigenvalue weighted by atomic mass is 32.1. The van der Waals surface area contributed by atoms with Gasteiger partial charge in [0.05, 0.1) is 0 Å². The molecule has 1 aromatic carbocycles. The SMILES string of the molecule is CCCC(C)NC(=O)C(c1ccccc1C)N(C(=O)C(CS)NC(=O)OC(C)(C)C)C1CC1C. The number of ether oxygens (including phenoxy) is 1. The van der Waals surface area contributed by atoms with Gasteiger partial charge in [0.25, 0.3) is 0 Å². The molecule has 1 fully saturated rings. The Morgan fingerprint density at radius 3 is 2.32 bits per heavy atom. The van der Waals surface area contributed by atoms with E-state index in [1.54, 1.807) is 25.7 Å². The monoisotopic (exact) mass is 491 g/mol. The molecule has 190 valence electrons. The second kappa shape index (κ2) is 12.0. The van der Waals surface area contributed by atoms with Crippen LogP contribution < -0.4 is 10.6 Å². The Balaban J connectivity index is 2.43. The molecule has 1 aliphatic rings. The largest absolute Gasteiger partial charge is 0.444 e. The summed E-state index contributed by atoms with van der Waals surface area (Å²) in [6.45, 7) is 13.3. The number of nitrogens with one attached hydrogen (secondary N) is 2. The van der Waals surface area contributed by atoms with Gasteiger partial charge in [0, 0.05) is 17.8 Å². The van der Waals surface area contributed by atoms with E-state index < -0.39 is 23.8 Å². The maximum absolute atomic E-state index is 13.9. The Bertz CT molecular complexity index is 870. The third-order valence-corrected chi connectivity index (χ3v) is 6.34. The summed E-state index contributed by atoms with van der Waals surface area (Å²) in [6, 6.07) is 5.81. The van der Waals surface area contributed by atoms with Crippen molar-refractivity contribution in [2.24, 2.45) is 5.92 Å². The first-order chi connectivity index (χ1) is 15.9. The predicted octanol–water partition coefficient (Wildman–Crippen LogP) is 4.40. The van der Waals surface area contributed by atoms with Gasteiger partial charge in [-0.15, -0.1) is 0 Å². The van der Waals surface area contributed by atoms with Crippen LogP contribution in [0.5, 0.6) is 0 Å². The summed E-state index contributed by atoms with van der Waals surface area (Å²) < 4.78 is 5.35. The molecule has 0 spiro atoms. The highest BCUT2D eigenvalue weighted by Gasteiger charge is 2.48. The van der Waals surface area contributed by atoms with E-state index in [9.17, 15) is 14.4 Å². The molecule has 3 amide bonds. The number of nitrogens with zero attached hydrogens (tertiary/aromatic N) is 1. The number of hydrogen-bond acceptors (Lipinski definition) is 5. The summed E-state index contributed by atoms with van der Waals surface area (Å²) in [5, 5.41) is 5.77. The second-order valence-corrected chi connectivity index (χ2v) is 10.7. The van der Waals surface area contributed by atoms with Crippen LogP contribution in [0.3, 0.4) is 0 Å². The predicted molar refractivity (Wildman–Crippen MR) is 138 cm³/mol. The molecule has 0 heterocycles. The highest BCUT2D eigenvalue weighted by Crippen LogP contribution is 2.41. The molecule has 1 saturated carbocycles. The molecule has 34 heavy (non-hydrogen) atoms. The quantitative estimate of drug-likeness (QED) is 0.423. The van der Waals surface area contributed by atoms with E-state index in [1.165, 1.54) is 0 Å². The Kier molecular flexibility index (Phi) is 9.85. The number of thiol groups is 1. The fourth-order valence-electron chi connectivity index (χ4n) is 4.13. The van der Waals surface area contributed by atoms with E-state index in [-0.39, 0.29) is 35.6 Å². The first-order valence-corrected chi connectivity index (χ1v) is 12.8. The minimum Gasteiger partial charge on any atom is -0.444 e. The molecule has 0 saturated heterocycles. The number of carbonyl (C=O) groups excluding carboxylic acids is 3. The van der Waals surface area contributed by atoms with E-state index in [1.807, 2.05) is 38.1 Å². The number of benzene rings is 1. The van der Waals surface area contributed by atoms with Crippen LogP contribution in [0.25, 0.3) is 0 Å². The van der Waals surface area contributed by atoms with Gasteiger partial charge in [-0.25, -0.2) is 4.79 Å². The van der Waals surface area contributed by atoms with E-state index in [0.717, 1.165) is 30.4 Å². The summed E-state index contributed by atoms with van der Waals surface area (Å²) in [5.74, 6) is -0.192. The average Bonchev–Trinajstić information content (AvgIpc) is 3.45. The highest BCUT2D eigenvalue weighted by molar-refractivity contribution is 7.80. The molecule has 5 atom stereocenters. The van der Waals surface area contributed by atoms with Gasteiger partial charge in [0.2, 0.25) is 11.8 Å². The number of aryl methyl sites for hydroxylation is 1. The minimum atomic E-state index is -0.918. The van der Waals surface area contributed by atoms with Crippen LogP contribution in [0.15, 0.2) is 24.3 Å². The van der Waals surface area contributed by atoms with Gasteiger partial charge in [0.15, 0.2) is 0 Å². The van der Waals surface area contributed by atoms with Gasteiger partial charge < -0.3 is 20.3 Å². The lowest BCUT2D eigenvalue weighted by molar-refractivity contribution is -0.143. The third-order valence-electron chi connectivity index (χ3n) is 5.97. The molecule has 1 aromatic rings. The molecule has 0 bridgehead atoms. The van der Waals surface area contributed by atoms with Crippen molar-refractivity contribution in [3.63, 3.8) is 0 Å². The number of alkyl carbamates (subject to hydrolysis) is 1. The molecule has 0 radical (unpaired) electrons. The van der Waals surface area contributed by atoms with Crippen LogP contribution in [-0.4, -0.2) is 52.3 Å². The van der Waals surface area contributed by atoms with Gasteiger partial charge in [-0.3, -0.25) is 9.59 Å². The van der Waals surface area contributed by atoms with Crippen molar-refractivity contribution in [1.29, 1.82) is 0 Å². The Morgan fingerprint density at radius 2 is 1.82 bits per heavy atom. The fourth-order valence-corrected chi connectivity index (χ4v) is 4.37. The fraction of sp³-hybridized carbons (Fsp3) is 0.654. The molecular weight excluding hydrogens is 450 g/mol. The average molecular weight is 492 g/mol. The zero-order valence-corrected chi connectivity index (χ0v) is 22.4. The summed E-state index contributed by atoms with van der Waals surface area (Å²) in [6.07, 6.45) is 1.91. The first kappa shape index (κ1) is 28.0. The Hall–Kier alpha value is -2.22. The zero-order valence-electron chi connectivity index (χ0n) is 21.6. The van der Waals surface area contributed by atoms with Gasteiger partial charge in [-0.05, 0) is 64.5 Å². The van der Waals surface area contributed by atoms with Gasteiger partial charge in [-0.1, -0.05) is 44.5 Å². The molecule has 0 aliphatic heterocycles. The van der Waals surface area contributed by atoms with Crippen molar-refractivity contribution in [2.75, 3.05) is 5.75 Å². The Labute approximate surface area is 209 Å². The van der Waals surface area contributed by atoms with Crippen molar-refractivity contribution < 1.29 is 19.1 Å². The lowest BCUT2D eigenvalue weighted by Gasteiger charge is -2.36. The van der Waals surface area contributed by atoms with Crippen molar-refractivity contribution in [3.05, 3.63) is 35.4 Å². The summed E-state index contributed by atoms with van der Waals surface area (Å²) >= 11 is 4.34. The van der Waals surface area contributed by atoms with E-state index in [4.69, 9.17) is 4.74 Å². The number of hydrogen-bond donors (Lipinski definition) is 3. The van der Waals surface area contributed by atoms with Crippen LogP contribution in [0, 0.1) is 12.8 Å². The van der Waals surface area contributed by atoms with Crippen molar-refractivity contribution >= 4 is 30.5 Å². The Morgan fingerprint density at radius 1 is 1.21 bits per heavy atom. The molecular formula is C26H41N3O4S. The molecule has 0 aromatic heterocycles. The summed E-state index contributed by atoms with van der Waals surface area (Å²) in [7, 11) is 0. The summed E-state index contributed by atoms with van der Waals surface area (Å²) in [4.78, 5) is 41.6. The first-order valence-electron chi connectivity index (χ1n) is 12.2. The van der Waals surface area contributed by atoms with Gasteiger partial charge >= 0.3 is 6.09 Å². The van der Waals surface area contributed by atoms with Crippen LogP contribution in [0.1, 0.15) is 78.0 Å². The topological polar surface area (TPSA) is 87.7 Å². The molecule has 1 aliphatic carbocycles. The molecule has 2 rings (SSSR count). The van der Waals surface area contributed by atoms with Crippen LogP contribution >= 0.6 is 12.6 Å². The number of amides is 3. The zero-order chi connectivity index (χ0) is 25.6. The van der Waals surface area contributed by atoms with Gasteiger partial charge in [0.1, 0.15) is 17.7 Å². The van der Waals surface area contributed by atoms with E-state index >= 15 is 0 Å². The van der Waals surface area contributed by atoms with Crippen LogP contribution in [-0.2, 0) is 14.3 Å². The maximum atomic E-state index is 13.9. The molecule has 8 heteroatoms. The second-order valence-electron chi connectivity index (χ2n) is 10.4. The van der Waals surface area contributed by atoms with E-state index in [0.29, 0.717) is 0 Å². The molecule has 5 unspecified atom stereocenters. The third kappa shape index (κ3) is 7.65. The van der Waals surface area contributed by atoms with Crippen molar-refractivity contribution in [1.82, 2.24) is 15.5 Å². The molecule has 7 nitrogen and oxygen atoms in total. The van der Waals surface area contributed by atoms with Crippen molar-refractivity contribution in [2.45, 2.75) is 97.5 Å². The van der Waals surface area contributed by atoms with Crippen LogP contribution in [0.2, 0.25) is 0 Å². The standard InChI is InChI=1S/C26H41N3O4S/c1-8-11-18(4)27-23(30)22(19-13-10-9-12-16(19)2)29(21-14-17(21)3)24(31)20(15-34)28-25(32)33-26(5,6)7/h9-10,12-13,17-18,20-22,34H,8,11,14-15H2,1-7H3,(H,27,30)(H,28,32). The lowest BCUT2D eigenvalue weighted by Crippen LogP contribution is -2.55. The smallest absolute Gasteiger partial charge is 0.408 e. The number of rotatable bonds is 10. The normalized spacial score (nSPS) is 20.0. The maximum Gasteiger partial charge on any atom is 0.408 e. The minimum absolute atomic E-state index is 0.0156. The number of carbonyl (C=O) groups is 3.